The van der Waals surface area contributed by atoms with Crippen LogP contribution in [0.4, 0.5) is 0 Å². The molecule has 3 heteroatoms. The van der Waals surface area contributed by atoms with Crippen molar-refractivity contribution >= 4 is 5.97 Å². The fourth-order valence-corrected chi connectivity index (χ4v) is 3.25. The van der Waals surface area contributed by atoms with Crippen LogP contribution in [0.1, 0.15) is 47.5 Å². The molecule has 1 heterocycles. The van der Waals surface area contributed by atoms with E-state index in [0.717, 1.165) is 12.8 Å². The number of nitrogens with zero attached hydrogens (tertiary/aromatic N) is 1. The Morgan fingerprint density at radius 2 is 0.892 bits per heavy atom. The van der Waals surface area contributed by atoms with Crippen LogP contribution in [0.15, 0.2) is 0 Å². The Hall–Kier alpha value is -5.41. The average Bonchev–Trinajstić information content (AvgIpc) is 2.83. The second-order valence-electron chi connectivity index (χ2n) is 8.49. The Balaban J connectivity index is 2.49. The van der Waals surface area contributed by atoms with Crippen LogP contribution < -0.4 is 0 Å². The van der Waals surface area contributed by atoms with E-state index in [4.69, 9.17) is 4.74 Å². The first-order chi connectivity index (χ1) is 17.7. The Morgan fingerprint density at radius 3 is 1.22 bits per heavy atom. The van der Waals surface area contributed by atoms with Crippen LogP contribution in [0.25, 0.3) is 0 Å². The summed E-state index contributed by atoms with van der Waals surface area (Å²) in [6.07, 6.45) is 1.30. The van der Waals surface area contributed by atoms with Crippen molar-refractivity contribution in [3.05, 3.63) is 0 Å². The standard InChI is InChI=1S/C34H23NO2/c1-7-8-9-10-11-12-13-14-15-16-17-18-19-20-21-22-23-24-25-26-27-28-32(36)37-31-29-33(2,3)35(6)34(4,5)30-31/h31H,29-30H2,1-6H3. The molecule has 0 spiro atoms. The molecule has 0 unspecified atom stereocenters. The minimum Gasteiger partial charge on any atom is -0.453 e. The van der Waals surface area contributed by atoms with E-state index in [1.54, 1.807) is 6.92 Å². The second-order valence-corrected chi connectivity index (χ2v) is 8.49. The molecule has 0 aliphatic carbocycles. The molecular weight excluding hydrogens is 454 g/mol. The number of carbonyl (C=O) groups excluding carboxylic acids is 1. The molecule has 1 aliphatic heterocycles. The van der Waals surface area contributed by atoms with Gasteiger partial charge in [0.1, 0.15) is 6.10 Å². The van der Waals surface area contributed by atoms with Crippen molar-refractivity contribution in [3.63, 3.8) is 0 Å². The molecule has 0 radical (unpaired) electrons. The first kappa shape index (κ1) is 29.6. The van der Waals surface area contributed by atoms with E-state index in [-0.39, 0.29) is 17.2 Å². The van der Waals surface area contributed by atoms with Crippen LogP contribution >= 0.6 is 0 Å². The number of esters is 1. The number of likely N-dealkylation sites (tertiary alicyclic amines) is 1. The van der Waals surface area contributed by atoms with Crippen LogP contribution in [0, 0.1) is 130 Å². The molecule has 0 bridgehead atoms. The van der Waals surface area contributed by atoms with Gasteiger partial charge in [-0.15, -0.1) is 0 Å². The number of ether oxygens (including phenoxy) is 1. The maximum absolute atomic E-state index is 12.0. The molecule has 0 saturated carbocycles. The van der Waals surface area contributed by atoms with Gasteiger partial charge in [-0.25, -0.2) is 4.79 Å². The Labute approximate surface area is 222 Å². The van der Waals surface area contributed by atoms with Crippen LogP contribution in [0.2, 0.25) is 0 Å². The normalized spacial score (nSPS) is 13.0. The van der Waals surface area contributed by atoms with Crippen molar-refractivity contribution in [2.45, 2.75) is 64.6 Å². The van der Waals surface area contributed by atoms with Crippen molar-refractivity contribution in [2.24, 2.45) is 0 Å². The first-order valence-corrected chi connectivity index (χ1v) is 11.1. The van der Waals surface area contributed by atoms with E-state index in [0.29, 0.717) is 0 Å². The smallest absolute Gasteiger partial charge is 0.385 e. The predicted octanol–water partition coefficient (Wildman–Crippen LogP) is 2.24. The summed E-state index contributed by atoms with van der Waals surface area (Å²) in [6, 6.07) is 0. The molecule has 1 saturated heterocycles. The summed E-state index contributed by atoms with van der Waals surface area (Å²) in [6.45, 7) is 10.3. The Bertz CT molecular complexity index is 1590. The van der Waals surface area contributed by atoms with Gasteiger partial charge in [0.05, 0.1) is 0 Å². The van der Waals surface area contributed by atoms with Gasteiger partial charge in [0.2, 0.25) is 0 Å². The van der Waals surface area contributed by atoms with Crippen LogP contribution in [0.5, 0.6) is 0 Å². The molecule has 1 rings (SSSR count). The highest BCUT2D eigenvalue weighted by molar-refractivity contribution is 5.89. The van der Waals surface area contributed by atoms with Gasteiger partial charge in [-0.3, -0.25) is 4.90 Å². The average molecular weight is 478 g/mol. The zero-order valence-electron chi connectivity index (χ0n) is 21.8. The van der Waals surface area contributed by atoms with E-state index >= 15 is 0 Å². The predicted molar refractivity (Wildman–Crippen MR) is 146 cm³/mol. The lowest BCUT2D eigenvalue weighted by atomic mass is 9.79. The molecule has 1 fully saturated rings. The summed E-state index contributed by atoms with van der Waals surface area (Å²) in [5.74, 6) is 54.6. The maximum atomic E-state index is 12.0. The van der Waals surface area contributed by atoms with Crippen LogP contribution in [0.3, 0.4) is 0 Å². The third kappa shape index (κ3) is 13.2. The quantitative estimate of drug-likeness (QED) is 0.330. The lowest BCUT2D eigenvalue weighted by Gasteiger charge is -2.53. The molecule has 3 nitrogen and oxygen atoms in total. The minimum atomic E-state index is -0.589. The Morgan fingerprint density at radius 1 is 0.595 bits per heavy atom. The van der Waals surface area contributed by atoms with Crippen molar-refractivity contribution < 1.29 is 9.53 Å². The molecule has 1 aliphatic rings. The molecule has 0 aromatic rings. The van der Waals surface area contributed by atoms with Crippen molar-refractivity contribution in [1.82, 2.24) is 4.90 Å². The van der Waals surface area contributed by atoms with Gasteiger partial charge in [-0.2, -0.15) is 0 Å². The fourth-order valence-electron chi connectivity index (χ4n) is 3.25. The molecule has 0 amide bonds. The van der Waals surface area contributed by atoms with Crippen molar-refractivity contribution in [3.8, 4) is 130 Å². The molecule has 37 heavy (non-hydrogen) atoms. The third-order valence-electron chi connectivity index (χ3n) is 5.02. The molecule has 0 N–H and O–H groups in total. The monoisotopic (exact) mass is 477 g/mol. The molecular formula is C34H23NO2. The molecule has 176 valence electrons. The number of rotatable bonds is 1. The zero-order valence-corrected chi connectivity index (χ0v) is 21.8. The Kier molecular flexibility index (Phi) is 13.0. The SMILES string of the molecule is CC#CC#CC#CC#CC#CC#CC#CC#CC#CC#CC#CC(=O)OC1CC(C)(C)N(C)C(C)(C)C1. The topological polar surface area (TPSA) is 29.5 Å². The van der Waals surface area contributed by atoms with Gasteiger partial charge in [-0.05, 0) is 136 Å². The van der Waals surface area contributed by atoms with E-state index in [2.05, 4.69) is 170 Å². The van der Waals surface area contributed by atoms with Gasteiger partial charge in [-0.1, -0.05) is 5.92 Å². The largest absolute Gasteiger partial charge is 0.453 e. The zero-order chi connectivity index (χ0) is 27.4. The van der Waals surface area contributed by atoms with E-state index in [1.807, 2.05) is 0 Å². The van der Waals surface area contributed by atoms with Gasteiger partial charge >= 0.3 is 5.97 Å². The van der Waals surface area contributed by atoms with Gasteiger partial charge in [0.15, 0.2) is 0 Å². The fraction of sp³-hybridized carbons (Fsp3) is 0.324. The summed E-state index contributed by atoms with van der Waals surface area (Å²) in [7, 11) is 2.09. The number of hydrogen-bond donors (Lipinski definition) is 0. The highest BCUT2D eigenvalue weighted by Gasteiger charge is 2.44. The van der Waals surface area contributed by atoms with E-state index < -0.39 is 5.97 Å². The van der Waals surface area contributed by atoms with Crippen LogP contribution in [-0.2, 0) is 9.53 Å². The molecule has 0 aromatic carbocycles. The lowest BCUT2D eigenvalue weighted by molar-refractivity contribution is -0.151. The number of carbonyl (C=O) groups is 1. The summed E-state index contributed by atoms with van der Waals surface area (Å²) in [5, 5.41) is 0. The number of piperidine rings is 1. The summed E-state index contributed by atoms with van der Waals surface area (Å²) in [5.41, 5.74) is -0.152. The van der Waals surface area contributed by atoms with Crippen LogP contribution in [-0.4, -0.2) is 35.1 Å². The first-order valence-electron chi connectivity index (χ1n) is 11.1. The highest BCUT2D eigenvalue weighted by Crippen LogP contribution is 2.38. The van der Waals surface area contributed by atoms with E-state index in [9.17, 15) is 4.79 Å². The molecule has 0 aromatic heterocycles. The van der Waals surface area contributed by atoms with Gasteiger partial charge < -0.3 is 4.74 Å². The van der Waals surface area contributed by atoms with E-state index in [1.165, 1.54) is 0 Å². The number of hydrogen-bond acceptors (Lipinski definition) is 3. The third-order valence-corrected chi connectivity index (χ3v) is 5.02. The van der Waals surface area contributed by atoms with Gasteiger partial charge in [0, 0.05) is 53.5 Å². The summed E-state index contributed by atoms with van der Waals surface area (Å²) in [4.78, 5) is 14.3. The summed E-state index contributed by atoms with van der Waals surface area (Å²) >= 11 is 0. The minimum absolute atomic E-state index is 0.0761. The highest BCUT2D eigenvalue weighted by atomic mass is 16.5. The second kappa shape index (κ2) is 16.3. The molecule has 0 atom stereocenters. The van der Waals surface area contributed by atoms with Crippen molar-refractivity contribution in [1.29, 1.82) is 0 Å². The summed E-state index contributed by atoms with van der Waals surface area (Å²) < 4.78 is 5.53. The van der Waals surface area contributed by atoms with Gasteiger partial charge in [0.25, 0.3) is 0 Å². The lowest BCUT2D eigenvalue weighted by Crippen LogP contribution is -2.60. The van der Waals surface area contributed by atoms with Crippen molar-refractivity contribution in [2.75, 3.05) is 7.05 Å². The maximum Gasteiger partial charge on any atom is 0.385 e.